The number of nitrogens with one attached hydrogen (secondary N) is 1. The summed E-state index contributed by atoms with van der Waals surface area (Å²) in [7, 11) is 4.10. The fourth-order valence-corrected chi connectivity index (χ4v) is 3.91. The zero-order valence-corrected chi connectivity index (χ0v) is 17.4. The largest absolute Gasteiger partial charge is 0.378 e. The lowest BCUT2D eigenvalue weighted by Crippen LogP contribution is -2.17. The Hall–Kier alpha value is -3.14. The van der Waals surface area contributed by atoms with E-state index in [1.54, 1.807) is 0 Å². The molecule has 142 valence electrons. The first-order valence-electron chi connectivity index (χ1n) is 9.54. The van der Waals surface area contributed by atoms with Crippen molar-refractivity contribution >= 4 is 16.7 Å². The van der Waals surface area contributed by atoms with Gasteiger partial charge in [0, 0.05) is 31.0 Å². The lowest BCUT2D eigenvalue weighted by atomic mass is 10.0. The topological polar surface area (TPSA) is 44.9 Å². The molecule has 4 nitrogen and oxygen atoms in total. The molecule has 0 atom stereocenters. The Bertz CT molecular complexity index is 1250. The third kappa shape index (κ3) is 2.76. The van der Waals surface area contributed by atoms with Gasteiger partial charge in [-0.05, 0) is 69.2 Å². The number of aryl methyl sites for hydroxylation is 3. The van der Waals surface area contributed by atoms with Gasteiger partial charge in [-0.3, -0.25) is 0 Å². The molecule has 2 aromatic rings. The molecule has 4 rings (SSSR count). The molecule has 0 spiro atoms. The maximum absolute atomic E-state index is 8.46. The van der Waals surface area contributed by atoms with E-state index in [0.29, 0.717) is 5.36 Å². The molecule has 0 saturated heterocycles. The average Bonchev–Trinajstić information content (AvgIpc) is 2.64. The molecule has 0 amide bonds. The summed E-state index contributed by atoms with van der Waals surface area (Å²) in [6, 6.07) is 14.8. The molecule has 1 heterocycles. The van der Waals surface area contributed by atoms with E-state index in [9.17, 15) is 0 Å². The average molecular weight is 371 g/mol. The Morgan fingerprint density at radius 3 is 2.32 bits per heavy atom. The van der Waals surface area contributed by atoms with Gasteiger partial charge >= 0.3 is 0 Å². The number of rotatable bonds is 2. The van der Waals surface area contributed by atoms with Gasteiger partial charge in [0.25, 0.3) is 0 Å². The van der Waals surface area contributed by atoms with Crippen LogP contribution < -0.4 is 10.3 Å². The van der Waals surface area contributed by atoms with Crippen LogP contribution in [-0.4, -0.2) is 23.6 Å². The highest BCUT2D eigenvalue weighted by Crippen LogP contribution is 2.34. The molecule has 0 fully saturated rings. The summed E-state index contributed by atoms with van der Waals surface area (Å²) in [4.78, 5) is 7.10. The smallest absolute Gasteiger partial charge is 0.0911 e. The van der Waals surface area contributed by atoms with Gasteiger partial charge in [-0.2, -0.15) is 0 Å². The molecule has 1 N–H and O–H groups in total. The van der Waals surface area contributed by atoms with Gasteiger partial charge in [0.05, 0.1) is 27.8 Å². The molecule has 1 aliphatic heterocycles. The van der Waals surface area contributed by atoms with Crippen LogP contribution in [0.25, 0.3) is 28.1 Å². The van der Waals surface area contributed by atoms with Gasteiger partial charge in [-0.15, -0.1) is 0 Å². The molecule has 2 aromatic carbocycles. The molecule has 0 radical (unpaired) electrons. The molecular formula is C24H26N4. The minimum absolute atomic E-state index is 0.549. The van der Waals surface area contributed by atoms with Crippen molar-refractivity contribution in [1.29, 1.82) is 5.41 Å². The first kappa shape index (κ1) is 18.2. The van der Waals surface area contributed by atoms with Crippen LogP contribution in [0.15, 0.2) is 42.5 Å². The van der Waals surface area contributed by atoms with Crippen molar-refractivity contribution in [2.75, 3.05) is 19.0 Å². The van der Waals surface area contributed by atoms with Crippen LogP contribution in [0.1, 0.15) is 22.3 Å². The maximum Gasteiger partial charge on any atom is 0.0911 e. The predicted molar refractivity (Wildman–Crippen MR) is 117 cm³/mol. The fourth-order valence-electron chi connectivity index (χ4n) is 3.91. The lowest BCUT2D eigenvalue weighted by Gasteiger charge is -2.24. The van der Waals surface area contributed by atoms with E-state index in [4.69, 9.17) is 10.4 Å². The number of benzene rings is 3. The highest BCUT2D eigenvalue weighted by atomic mass is 15.1. The fraction of sp³-hybridized carbons (Fsp3) is 0.250. The second-order valence-electron chi connectivity index (χ2n) is 7.87. The summed E-state index contributed by atoms with van der Waals surface area (Å²) in [6.45, 7) is 8.33. The van der Waals surface area contributed by atoms with Gasteiger partial charge < -0.3 is 14.9 Å². The summed E-state index contributed by atoms with van der Waals surface area (Å²) < 4.78 is 2.29. The van der Waals surface area contributed by atoms with Crippen molar-refractivity contribution in [2.45, 2.75) is 27.7 Å². The van der Waals surface area contributed by atoms with Crippen molar-refractivity contribution in [3.05, 3.63) is 70.1 Å². The van der Waals surface area contributed by atoms with E-state index in [-0.39, 0.29) is 0 Å². The first-order chi connectivity index (χ1) is 13.3. The third-order valence-electron chi connectivity index (χ3n) is 5.48. The van der Waals surface area contributed by atoms with E-state index >= 15 is 0 Å². The molecule has 28 heavy (non-hydrogen) atoms. The van der Waals surface area contributed by atoms with Crippen molar-refractivity contribution in [3.8, 4) is 17.1 Å². The third-order valence-corrected chi connectivity index (χ3v) is 5.48. The monoisotopic (exact) mass is 370 g/mol. The lowest BCUT2D eigenvalue weighted by molar-refractivity contribution is 1.02. The van der Waals surface area contributed by atoms with Crippen molar-refractivity contribution in [3.63, 3.8) is 0 Å². The summed E-state index contributed by atoms with van der Waals surface area (Å²) in [5.41, 5.74) is 10.7. The summed E-state index contributed by atoms with van der Waals surface area (Å²) >= 11 is 0. The summed E-state index contributed by atoms with van der Waals surface area (Å²) in [5, 5.41) is 9.01. The van der Waals surface area contributed by atoms with E-state index in [1.165, 1.54) is 11.1 Å². The number of aromatic nitrogens is 2. The Balaban J connectivity index is 2.27. The number of hydrogen-bond donors (Lipinski definition) is 1. The molecule has 0 unspecified atom stereocenters. The van der Waals surface area contributed by atoms with Crippen LogP contribution in [0.2, 0.25) is 0 Å². The second kappa shape index (κ2) is 6.48. The summed E-state index contributed by atoms with van der Waals surface area (Å²) in [6.07, 6.45) is 0. The Labute approximate surface area is 165 Å². The standard InChI is InChI=1S/C24H26N4/c1-14-7-10-21(15(2)11-14)28-22-13-18(27(5)6)8-9-20(22)26-23-16(3)12-19(25)17(4)24(23)28/h7-13,25H,1-6H3. The highest BCUT2D eigenvalue weighted by Gasteiger charge is 2.20. The van der Waals surface area contributed by atoms with Crippen LogP contribution in [0.4, 0.5) is 5.69 Å². The summed E-state index contributed by atoms with van der Waals surface area (Å²) in [5.74, 6) is 0. The Morgan fingerprint density at radius 1 is 0.893 bits per heavy atom. The SMILES string of the molecule is Cc1ccc(-n2c3c(C)c(=N)cc(C)c-3nc3ccc(N(C)C)cc32)c(C)c1. The minimum Gasteiger partial charge on any atom is -0.378 e. The minimum atomic E-state index is 0.549. The van der Waals surface area contributed by atoms with Gasteiger partial charge in [0.1, 0.15) is 0 Å². The van der Waals surface area contributed by atoms with E-state index in [1.807, 2.05) is 19.9 Å². The quantitative estimate of drug-likeness (QED) is 0.510. The Kier molecular flexibility index (Phi) is 4.22. The first-order valence-corrected chi connectivity index (χ1v) is 9.54. The van der Waals surface area contributed by atoms with Crippen molar-refractivity contribution in [1.82, 2.24) is 9.55 Å². The molecular weight excluding hydrogens is 344 g/mol. The highest BCUT2D eigenvalue weighted by molar-refractivity contribution is 5.87. The van der Waals surface area contributed by atoms with Crippen molar-refractivity contribution in [2.24, 2.45) is 0 Å². The van der Waals surface area contributed by atoms with Gasteiger partial charge in [0.15, 0.2) is 0 Å². The van der Waals surface area contributed by atoms with Crippen LogP contribution in [0.5, 0.6) is 0 Å². The zero-order chi connectivity index (χ0) is 20.2. The van der Waals surface area contributed by atoms with Crippen LogP contribution in [-0.2, 0) is 0 Å². The van der Waals surface area contributed by atoms with E-state index in [0.717, 1.165) is 44.9 Å². The van der Waals surface area contributed by atoms with Crippen LogP contribution in [0, 0.1) is 33.1 Å². The van der Waals surface area contributed by atoms with Crippen molar-refractivity contribution < 1.29 is 0 Å². The van der Waals surface area contributed by atoms with Crippen LogP contribution in [0.3, 0.4) is 0 Å². The van der Waals surface area contributed by atoms with Crippen LogP contribution >= 0.6 is 0 Å². The Morgan fingerprint density at radius 2 is 1.64 bits per heavy atom. The molecule has 1 aliphatic carbocycles. The number of nitrogens with zero attached hydrogens (tertiary/aromatic N) is 3. The predicted octanol–water partition coefficient (Wildman–Crippen LogP) is 4.91. The van der Waals surface area contributed by atoms with E-state index < -0.39 is 0 Å². The molecule has 0 saturated carbocycles. The molecule has 0 bridgehead atoms. The molecule has 2 aliphatic rings. The maximum atomic E-state index is 8.46. The van der Waals surface area contributed by atoms with Gasteiger partial charge in [-0.1, -0.05) is 17.7 Å². The second-order valence-corrected chi connectivity index (χ2v) is 7.87. The van der Waals surface area contributed by atoms with Gasteiger partial charge in [-0.25, -0.2) is 4.98 Å². The molecule has 4 heteroatoms. The molecule has 0 aromatic heterocycles. The number of fused-ring (bicyclic) bond motifs is 2. The van der Waals surface area contributed by atoms with E-state index in [2.05, 4.69) is 73.8 Å². The normalized spacial score (nSPS) is 11.4. The number of anilines is 1. The van der Waals surface area contributed by atoms with Gasteiger partial charge in [0.2, 0.25) is 0 Å². The zero-order valence-electron chi connectivity index (χ0n) is 17.4. The number of hydrogen-bond acceptors (Lipinski definition) is 3.